The van der Waals surface area contributed by atoms with Crippen molar-refractivity contribution in [2.24, 2.45) is 0 Å². The molecule has 0 aromatic heterocycles. The van der Waals surface area contributed by atoms with E-state index in [0.717, 1.165) is 64.2 Å². The summed E-state index contributed by atoms with van der Waals surface area (Å²) >= 11 is 0. The minimum absolute atomic E-state index is 0.192. The number of carbonyl (C=O) groups excluding carboxylic acids is 1. The molecule has 0 bridgehead atoms. The lowest BCUT2D eigenvalue weighted by Crippen LogP contribution is -2.60. The van der Waals surface area contributed by atoms with E-state index >= 15 is 0 Å². The lowest BCUT2D eigenvalue weighted by molar-refractivity contribution is -0.302. The zero-order valence-corrected chi connectivity index (χ0v) is 39.4. The van der Waals surface area contributed by atoms with Crippen molar-refractivity contribution in [2.75, 3.05) is 13.2 Å². The summed E-state index contributed by atoms with van der Waals surface area (Å²) in [5, 5.41) is 54.2. The number of hydrogen-bond acceptors (Lipinski definition) is 8. The van der Waals surface area contributed by atoms with E-state index in [2.05, 4.69) is 79.9 Å². The van der Waals surface area contributed by atoms with Gasteiger partial charge in [-0.3, -0.25) is 4.79 Å². The van der Waals surface area contributed by atoms with E-state index in [9.17, 15) is 30.3 Å². The van der Waals surface area contributed by atoms with Gasteiger partial charge in [0, 0.05) is 6.42 Å². The average molecular weight is 872 g/mol. The van der Waals surface area contributed by atoms with E-state index in [1.165, 1.54) is 116 Å². The molecule has 62 heavy (non-hydrogen) atoms. The van der Waals surface area contributed by atoms with Crippen LogP contribution < -0.4 is 5.32 Å². The Morgan fingerprint density at radius 1 is 0.565 bits per heavy atom. The third-order valence-corrected chi connectivity index (χ3v) is 11.5. The monoisotopic (exact) mass is 872 g/mol. The molecule has 0 saturated carbocycles. The average Bonchev–Trinajstić information content (AvgIpc) is 3.27. The van der Waals surface area contributed by atoms with Crippen molar-refractivity contribution >= 4 is 5.91 Å². The van der Waals surface area contributed by atoms with E-state index in [4.69, 9.17) is 9.47 Å². The first-order chi connectivity index (χ1) is 30.3. The van der Waals surface area contributed by atoms with Gasteiger partial charge in [0.1, 0.15) is 24.4 Å². The maximum absolute atomic E-state index is 13.0. The molecule has 7 unspecified atom stereocenters. The van der Waals surface area contributed by atoms with Crippen LogP contribution >= 0.6 is 0 Å². The summed E-state index contributed by atoms with van der Waals surface area (Å²) in [4.78, 5) is 13.0. The van der Waals surface area contributed by atoms with Gasteiger partial charge in [-0.05, 0) is 70.6 Å². The van der Waals surface area contributed by atoms with Crippen molar-refractivity contribution in [3.63, 3.8) is 0 Å². The standard InChI is InChI=1S/C53H93NO8/c1-3-5-7-9-11-13-15-17-19-20-21-22-23-24-25-26-27-28-29-31-33-35-37-39-41-43-49(57)54-46(45-61-53-52(60)51(59)50(58)48(44-55)62-53)47(56)42-40-38-36-34-32-30-18-16-14-12-10-8-6-4-2/h5,7,11,13,17,19,21-22,32,34,40,42,46-48,50-53,55-56,58-60H,3-4,6,8-10,12,14-16,18,20,23-31,33,35-39,41,43-45H2,1-2H3,(H,54,57)/b7-5-,13-11-,19-17-,22-21-,34-32+,42-40+. The summed E-state index contributed by atoms with van der Waals surface area (Å²) in [6.07, 6.45) is 50.9. The third-order valence-electron chi connectivity index (χ3n) is 11.5. The SMILES string of the molecule is CC/C=C\C/C=C\C/C=C\C/C=C\CCCCCCCCCCCCCCC(=O)NC(COC1OC(CO)C(O)C(O)C1O)C(O)/C=C/CC/C=C/CCCCCCCCCC. The van der Waals surface area contributed by atoms with Crippen molar-refractivity contribution < 1.29 is 39.8 Å². The number of unbranched alkanes of at least 4 members (excludes halogenated alkanes) is 21. The topological polar surface area (TPSA) is 149 Å². The Bertz CT molecular complexity index is 1200. The third kappa shape index (κ3) is 32.3. The Kier molecular flexibility index (Phi) is 39.6. The van der Waals surface area contributed by atoms with Crippen molar-refractivity contribution in [3.05, 3.63) is 72.9 Å². The molecule has 0 aromatic carbocycles. The molecule has 0 aromatic rings. The van der Waals surface area contributed by atoms with Crippen molar-refractivity contribution in [1.82, 2.24) is 5.32 Å². The Labute approximate surface area is 378 Å². The predicted octanol–water partition coefficient (Wildman–Crippen LogP) is 11.3. The molecule has 1 aliphatic heterocycles. The normalized spacial score (nSPS) is 20.9. The van der Waals surface area contributed by atoms with Crippen molar-refractivity contribution in [1.29, 1.82) is 0 Å². The fourth-order valence-corrected chi connectivity index (χ4v) is 7.52. The number of aliphatic hydroxyl groups excluding tert-OH is 5. The highest BCUT2D eigenvalue weighted by Gasteiger charge is 2.44. The lowest BCUT2D eigenvalue weighted by atomic mass is 9.99. The van der Waals surface area contributed by atoms with Crippen LogP contribution in [0.15, 0.2) is 72.9 Å². The first kappa shape index (κ1) is 57.6. The second-order valence-electron chi connectivity index (χ2n) is 17.2. The van der Waals surface area contributed by atoms with Gasteiger partial charge in [0.15, 0.2) is 6.29 Å². The van der Waals surface area contributed by atoms with Crippen molar-refractivity contribution in [2.45, 2.75) is 243 Å². The Hall–Kier alpha value is -2.37. The second-order valence-corrected chi connectivity index (χ2v) is 17.2. The molecule has 1 aliphatic rings. The van der Waals surface area contributed by atoms with E-state index in [-0.39, 0.29) is 12.5 Å². The molecule has 1 heterocycles. The summed E-state index contributed by atoms with van der Waals surface area (Å²) in [6, 6.07) is -0.825. The first-order valence-corrected chi connectivity index (χ1v) is 25.2. The molecular weight excluding hydrogens is 779 g/mol. The molecule has 0 aliphatic carbocycles. The van der Waals surface area contributed by atoms with E-state index in [0.29, 0.717) is 6.42 Å². The van der Waals surface area contributed by atoms with E-state index < -0.39 is 49.5 Å². The van der Waals surface area contributed by atoms with Crippen LogP contribution in [-0.2, 0) is 14.3 Å². The van der Waals surface area contributed by atoms with Gasteiger partial charge in [-0.1, -0.05) is 196 Å². The number of ether oxygens (including phenoxy) is 2. The second kappa shape index (κ2) is 42.6. The van der Waals surface area contributed by atoms with Crippen molar-refractivity contribution in [3.8, 4) is 0 Å². The van der Waals surface area contributed by atoms with Gasteiger partial charge < -0.3 is 40.3 Å². The smallest absolute Gasteiger partial charge is 0.220 e. The summed E-state index contributed by atoms with van der Waals surface area (Å²) in [7, 11) is 0. The minimum atomic E-state index is -1.57. The summed E-state index contributed by atoms with van der Waals surface area (Å²) in [5.41, 5.74) is 0. The molecule has 9 nitrogen and oxygen atoms in total. The number of allylic oxidation sites excluding steroid dienone is 11. The van der Waals surface area contributed by atoms with Gasteiger partial charge >= 0.3 is 0 Å². The van der Waals surface area contributed by atoms with Crippen LogP contribution in [0.5, 0.6) is 0 Å². The van der Waals surface area contributed by atoms with Gasteiger partial charge in [-0.2, -0.15) is 0 Å². The minimum Gasteiger partial charge on any atom is -0.394 e. The van der Waals surface area contributed by atoms with Crippen LogP contribution in [0.2, 0.25) is 0 Å². The molecule has 1 amide bonds. The quantitative estimate of drug-likeness (QED) is 0.0263. The molecule has 1 saturated heterocycles. The number of aliphatic hydroxyl groups is 5. The molecule has 6 N–H and O–H groups in total. The zero-order chi connectivity index (χ0) is 45.1. The Morgan fingerprint density at radius 3 is 1.55 bits per heavy atom. The lowest BCUT2D eigenvalue weighted by Gasteiger charge is -2.40. The van der Waals surface area contributed by atoms with E-state index in [1.807, 2.05) is 6.08 Å². The largest absolute Gasteiger partial charge is 0.394 e. The fraction of sp³-hybridized carbons (Fsp3) is 0.755. The molecule has 1 rings (SSSR count). The van der Waals surface area contributed by atoms with Gasteiger partial charge in [-0.25, -0.2) is 0 Å². The molecule has 0 radical (unpaired) electrons. The number of amides is 1. The molecule has 0 spiro atoms. The number of carbonyl (C=O) groups is 1. The fourth-order valence-electron chi connectivity index (χ4n) is 7.52. The molecule has 7 atom stereocenters. The molecule has 9 heteroatoms. The summed E-state index contributed by atoms with van der Waals surface area (Å²) in [5.74, 6) is -0.192. The summed E-state index contributed by atoms with van der Waals surface area (Å²) < 4.78 is 11.2. The van der Waals surface area contributed by atoms with Gasteiger partial charge in [0.05, 0.1) is 25.4 Å². The number of rotatable bonds is 41. The van der Waals surface area contributed by atoms with Crippen LogP contribution in [0, 0.1) is 0 Å². The van der Waals surface area contributed by atoms with Gasteiger partial charge in [0.2, 0.25) is 5.91 Å². The van der Waals surface area contributed by atoms with Gasteiger partial charge in [-0.15, -0.1) is 0 Å². The highest BCUT2D eigenvalue weighted by Crippen LogP contribution is 2.22. The van der Waals surface area contributed by atoms with E-state index in [1.54, 1.807) is 6.08 Å². The van der Waals surface area contributed by atoms with Gasteiger partial charge in [0.25, 0.3) is 0 Å². The highest BCUT2D eigenvalue weighted by atomic mass is 16.7. The molecular formula is C53H93NO8. The van der Waals surface area contributed by atoms with Crippen LogP contribution in [0.1, 0.15) is 200 Å². The predicted molar refractivity (Wildman–Crippen MR) is 258 cm³/mol. The van der Waals surface area contributed by atoms with Crippen LogP contribution in [-0.4, -0.2) is 87.5 Å². The molecule has 1 fully saturated rings. The molecule has 358 valence electrons. The summed E-state index contributed by atoms with van der Waals surface area (Å²) in [6.45, 7) is 3.63. The van der Waals surface area contributed by atoms with Crippen LogP contribution in [0.25, 0.3) is 0 Å². The van der Waals surface area contributed by atoms with Crippen LogP contribution in [0.4, 0.5) is 0 Å². The van der Waals surface area contributed by atoms with Crippen LogP contribution in [0.3, 0.4) is 0 Å². The number of hydrogen-bond donors (Lipinski definition) is 6. The zero-order valence-electron chi connectivity index (χ0n) is 39.4. The Morgan fingerprint density at radius 2 is 1.02 bits per heavy atom. The maximum Gasteiger partial charge on any atom is 0.220 e. The number of nitrogens with one attached hydrogen (secondary N) is 1. The first-order valence-electron chi connectivity index (χ1n) is 25.2. The maximum atomic E-state index is 13.0. The Balaban J connectivity index is 2.28. The highest BCUT2D eigenvalue weighted by molar-refractivity contribution is 5.76.